The molecule has 0 saturated heterocycles. The zero-order chi connectivity index (χ0) is 13.4. The molecular weight excluding hydrogens is 244 g/mol. The number of rotatable bonds is 2. The molecule has 1 unspecified atom stereocenters. The lowest BCUT2D eigenvalue weighted by Gasteiger charge is -2.24. The molecule has 3 rings (SSSR count). The highest BCUT2D eigenvalue weighted by Crippen LogP contribution is 2.29. The van der Waals surface area contributed by atoms with E-state index in [0.29, 0.717) is 12.0 Å². The Morgan fingerprint density at radius 3 is 2.95 bits per heavy atom. The predicted octanol–water partition coefficient (Wildman–Crippen LogP) is 1.95. The number of fused-ring (bicyclic) bond motifs is 1. The molecule has 0 fully saturated rings. The standard InChI is InChI=1S/C14H12N2O3/c17-13-11-7-10(14(18)19)2-1-9(11)3-4-12(13)16-6-5-15-8-16/h1-2,5-8,12H,3-4H2,(H,18,19). The van der Waals surface area contributed by atoms with Gasteiger partial charge < -0.3 is 9.67 Å². The highest BCUT2D eigenvalue weighted by atomic mass is 16.4. The second-order valence-corrected chi connectivity index (χ2v) is 4.61. The van der Waals surface area contributed by atoms with Crippen molar-refractivity contribution in [2.75, 3.05) is 0 Å². The number of carboxylic acids is 1. The fraction of sp³-hybridized carbons (Fsp3) is 0.214. The van der Waals surface area contributed by atoms with Crippen LogP contribution in [0, 0.1) is 0 Å². The van der Waals surface area contributed by atoms with E-state index >= 15 is 0 Å². The number of aryl methyl sites for hydroxylation is 1. The molecule has 1 heterocycles. The molecule has 1 N–H and O–H groups in total. The van der Waals surface area contributed by atoms with Gasteiger partial charge >= 0.3 is 5.97 Å². The van der Waals surface area contributed by atoms with E-state index in [9.17, 15) is 9.59 Å². The van der Waals surface area contributed by atoms with Gasteiger partial charge in [0.25, 0.3) is 0 Å². The maximum Gasteiger partial charge on any atom is 0.335 e. The second-order valence-electron chi connectivity index (χ2n) is 4.61. The fourth-order valence-electron chi connectivity index (χ4n) is 2.50. The lowest BCUT2D eigenvalue weighted by molar-refractivity contribution is 0.0697. The Hall–Kier alpha value is -2.43. The molecule has 0 aliphatic heterocycles. The quantitative estimate of drug-likeness (QED) is 0.891. The minimum atomic E-state index is -1.01. The predicted molar refractivity (Wildman–Crippen MR) is 67.3 cm³/mol. The number of benzene rings is 1. The molecular formula is C14H12N2O3. The van der Waals surface area contributed by atoms with E-state index in [1.165, 1.54) is 6.07 Å². The summed E-state index contributed by atoms with van der Waals surface area (Å²) in [6, 6.07) is 4.48. The molecule has 5 heteroatoms. The topological polar surface area (TPSA) is 72.2 Å². The summed E-state index contributed by atoms with van der Waals surface area (Å²) >= 11 is 0. The van der Waals surface area contributed by atoms with Crippen LogP contribution >= 0.6 is 0 Å². The second kappa shape index (κ2) is 4.35. The van der Waals surface area contributed by atoms with Crippen LogP contribution in [0.15, 0.2) is 36.9 Å². The van der Waals surface area contributed by atoms with Crippen LogP contribution in [-0.4, -0.2) is 26.4 Å². The summed E-state index contributed by atoms with van der Waals surface area (Å²) in [4.78, 5) is 27.4. The Labute approximate surface area is 109 Å². The number of carbonyl (C=O) groups is 2. The Balaban J connectivity index is 2.02. The first-order valence-electron chi connectivity index (χ1n) is 6.04. The lowest BCUT2D eigenvalue weighted by atomic mass is 9.86. The summed E-state index contributed by atoms with van der Waals surface area (Å²) in [5.41, 5.74) is 1.59. The van der Waals surface area contributed by atoms with E-state index < -0.39 is 5.97 Å². The van der Waals surface area contributed by atoms with E-state index in [4.69, 9.17) is 5.11 Å². The molecule has 1 aliphatic carbocycles. The van der Waals surface area contributed by atoms with Gasteiger partial charge in [0.15, 0.2) is 5.78 Å². The smallest absolute Gasteiger partial charge is 0.335 e. The third-order valence-corrected chi connectivity index (χ3v) is 3.50. The number of nitrogens with zero attached hydrogens (tertiary/aromatic N) is 2. The number of Topliss-reactive ketones (excluding diaryl/α,β-unsaturated/α-hetero) is 1. The summed E-state index contributed by atoms with van der Waals surface area (Å²) in [5.74, 6) is -1.05. The third kappa shape index (κ3) is 1.93. The largest absolute Gasteiger partial charge is 0.478 e. The van der Waals surface area contributed by atoms with Crippen LogP contribution in [0.5, 0.6) is 0 Å². The molecule has 0 spiro atoms. The lowest BCUT2D eigenvalue weighted by Crippen LogP contribution is -2.25. The highest BCUT2D eigenvalue weighted by molar-refractivity contribution is 6.03. The van der Waals surface area contributed by atoms with Gasteiger partial charge in [0.2, 0.25) is 0 Å². The van der Waals surface area contributed by atoms with Crippen LogP contribution in [0.2, 0.25) is 0 Å². The van der Waals surface area contributed by atoms with Crippen LogP contribution < -0.4 is 0 Å². The molecule has 0 radical (unpaired) electrons. The maximum absolute atomic E-state index is 12.4. The number of ketones is 1. The normalized spacial score (nSPS) is 18.1. The van der Waals surface area contributed by atoms with E-state index in [1.807, 2.05) is 0 Å². The van der Waals surface area contributed by atoms with Gasteiger partial charge in [-0.25, -0.2) is 9.78 Å². The van der Waals surface area contributed by atoms with Crippen LogP contribution in [0.3, 0.4) is 0 Å². The van der Waals surface area contributed by atoms with Crippen molar-refractivity contribution < 1.29 is 14.7 Å². The van der Waals surface area contributed by atoms with E-state index in [-0.39, 0.29) is 17.4 Å². The molecule has 1 aromatic carbocycles. The Bertz CT molecular complexity index is 647. The fourth-order valence-corrected chi connectivity index (χ4v) is 2.50. The van der Waals surface area contributed by atoms with Gasteiger partial charge in [-0.05, 0) is 30.5 Å². The van der Waals surface area contributed by atoms with Gasteiger partial charge in [-0.1, -0.05) is 6.07 Å². The van der Waals surface area contributed by atoms with Crippen molar-refractivity contribution >= 4 is 11.8 Å². The summed E-state index contributed by atoms with van der Waals surface area (Å²) < 4.78 is 1.78. The summed E-state index contributed by atoms with van der Waals surface area (Å²) in [6.07, 6.45) is 6.50. The highest BCUT2D eigenvalue weighted by Gasteiger charge is 2.28. The molecule has 19 heavy (non-hydrogen) atoms. The van der Waals surface area contributed by atoms with Gasteiger partial charge in [0.05, 0.1) is 17.9 Å². The van der Waals surface area contributed by atoms with Crippen molar-refractivity contribution in [3.8, 4) is 0 Å². The molecule has 96 valence electrons. The van der Waals surface area contributed by atoms with Crippen molar-refractivity contribution in [1.82, 2.24) is 9.55 Å². The first kappa shape index (κ1) is 11.6. The summed E-state index contributed by atoms with van der Waals surface area (Å²) in [5, 5.41) is 9.00. The Morgan fingerprint density at radius 2 is 2.26 bits per heavy atom. The van der Waals surface area contributed by atoms with Gasteiger partial charge in [0, 0.05) is 18.0 Å². The molecule has 2 aromatic rings. The zero-order valence-corrected chi connectivity index (χ0v) is 10.1. The number of carboxylic acid groups (broad SMARTS) is 1. The van der Waals surface area contributed by atoms with Gasteiger partial charge in [-0.15, -0.1) is 0 Å². The van der Waals surface area contributed by atoms with Gasteiger partial charge in [-0.3, -0.25) is 4.79 Å². The molecule has 0 saturated carbocycles. The zero-order valence-electron chi connectivity index (χ0n) is 10.1. The first-order valence-corrected chi connectivity index (χ1v) is 6.04. The summed E-state index contributed by atoms with van der Waals surface area (Å²) in [6.45, 7) is 0. The van der Waals surface area contributed by atoms with Crippen molar-refractivity contribution in [3.63, 3.8) is 0 Å². The van der Waals surface area contributed by atoms with Gasteiger partial charge in [0.1, 0.15) is 0 Å². The average molecular weight is 256 g/mol. The van der Waals surface area contributed by atoms with E-state index in [0.717, 1.165) is 12.0 Å². The van der Waals surface area contributed by atoms with E-state index in [1.54, 1.807) is 35.4 Å². The Morgan fingerprint density at radius 1 is 1.42 bits per heavy atom. The van der Waals surface area contributed by atoms with Crippen molar-refractivity contribution in [2.24, 2.45) is 0 Å². The van der Waals surface area contributed by atoms with Crippen LogP contribution in [0.1, 0.15) is 38.7 Å². The molecule has 1 aliphatic rings. The Kier molecular flexibility index (Phi) is 2.67. The summed E-state index contributed by atoms with van der Waals surface area (Å²) in [7, 11) is 0. The third-order valence-electron chi connectivity index (χ3n) is 3.50. The number of hydrogen-bond donors (Lipinski definition) is 1. The number of imidazole rings is 1. The monoisotopic (exact) mass is 256 g/mol. The molecule has 1 atom stereocenters. The number of hydrogen-bond acceptors (Lipinski definition) is 3. The number of carbonyl (C=O) groups excluding carboxylic acids is 1. The average Bonchev–Trinajstić information content (AvgIpc) is 2.92. The maximum atomic E-state index is 12.4. The number of aromatic carboxylic acids is 1. The van der Waals surface area contributed by atoms with Crippen molar-refractivity contribution in [3.05, 3.63) is 53.6 Å². The van der Waals surface area contributed by atoms with Crippen LogP contribution in [0.4, 0.5) is 0 Å². The van der Waals surface area contributed by atoms with Crippen LogP contribution in [-0.2, 0) is 6.42 Å². The van der Waals surface area contributed by atoms with Crippen molar-refractivity contribution in [2.45, 2.75) is 18.9 Å². The molecule has 0 amide bonds. The molecule has 5 nitrogen and oxygen atoms in total. The molecule has 0 bridgehead atoms. The van der Waals surface area contributed by atoms with Crippen LogP contribution in [0.25, 0.3) is 0 Å². The molecule has 1 aromatic heterocycles. The minimum Gasteiger partial charge on any atom is -0.478 e. The number of aromatic nitrogens is 2. The van der Waals surface area contributed by atoms with E-state index in [2.05, 4.69) is 4.98 Å². The van der Waals surface area contributed by atoms with Crippen molar-refractivity contribution in [1.29, 1.82) is 0 Å². The SMILES string of the molecule is O=C(O)c1ccc2c(c1)C(=O)C(n1ccnc1)CC2. The van der Waals surface area contributed by atoms with Gasteiger partial charge in [-0.2, -0.15) is 0 Å². The first-order chi connectivity index (χ1) is 9.16. The minimum absolute atomic E-state index is 0.0395.